The zero-order chi connectivity index (χ0) is 15.9. The Morgan fingerprint density at radius 1 is 0.850 bits per heavy atom. The fourth-order valence-corrected chi connectivity index (χ4v) is 4.46. The van der Waals surface area contributed by atoms with Crippen molar-refractivity contribution in [3.63, 3.8) is 0 Å². The first-order chi connectivity index (χ1) is 9.47. The van der Waals surface area contributed by atoms with Crippen LogP contribution in [0.1, 0.15) is 53.4 Å². The first kappa shape index (κ1) is 22.3. The van der Waals surface area contributed by atoms with Gasteiger partial charge in [-0.3, -0.25) is 4.55 Å². The van der Waals surface area contributed by atoms with Crippen molar-refractivity contribution in [1.82, 2.24) is 0 Å². The van der Waals surface area contributed by atoms with Gasteiger partial charge in [-0.2, -0.15) is 0 Å². The maximum absolute atomic E-state index is 8.59. The van der Waals surface area contributed by atoms with Crippen LogP contribution in [0.3, 0.4) is 0 Å². The van der Waals surface area contributed by atoms with Crippen LogP contribution in [0, 0.1) is 0 Å². The fourth-order valence-electron chi connectivity index (χ4n) is 1.77. The van der Waals surface area contributed by atoms with Crippen molar-refractivity contribution in [2.75, 3.05) is 19.8 Å². The van der Waals surface area contributed by atoms with Gasteiger partial charge in [0.25, 0.3) is 11.0 Å². The summed E-state index contributed by atoms with van der Waals surface area (Å²) in [4.78, 5) is 0. The van der Waals surface area contributed by atoms with E-state index in [1.54, 1.807) is 0 Å². The summed E-state index contributed by atoms with van der Waals surface area (Å²) in [6.07, 6.45) is 4.94. The lowest BCUT2D eigenvalue weighted by molar-refractivity contribution is 0.0706. The molecule has 0 aliphatic carbocycles. The van der Waals surface area contributed by atoms with Crippen molar-refractivity contribution in [3.05, 3.63) is 0 Å². The van der Waals surface area contributed by atoms with Crippen molar-refractivity contribution >= 4 is 19.8 Å². The van der Waals surface area contributed by atoms with E-state index in [0.29, 0.717) is 19.8 Å². The molecule has 8 heteroatoms. The van der Waals surface area contributed by atoms with Crippen LogP contribution in [0.4, 0.5) is 0 Å². The predicted octanol–water partition coefficient (Wildman–Crippen LogP) is 2.69. The van der Waals surface area contributed by atoms with Gasteiger partial charge in [-0.25, -0.2) is 8.42 Å². The van der Waals surface area contributed by atoms with E-state index in [-0.39, 0.29) is 0 Å². The Hall–Kier alpha value is 0.00688. The Bertz CT molecular complexity index is 248. The molecule has 0 amide bonds. The molecule has 0 radical (unpaired) electrons. The predicted molar refractivity (Wildman–Crippen MR) is 82.5 cm³/mol. The van der Waals surface area contributed by atoms with Crippen LogP contribution in [0.15, 0.2) is 0 Å². The van der Waals surface area contributed by atoms with Gasteiger partial charge in [-0.15, -0.1) is 0 Å². The molecule has 0 aliphatic heterocycles. The summed E-state index contributed by atoms with van der Waals surface area (Å²) in [5.41, 5.74) is 0. The SMILES string of the molecule is CCCCCC[Si](OCC)(OCC)OCC.O=[SH](=O)O. The molecule has 20 heavy (non-hydrogen) atoms. The molecule has 0 aromatic carbocycles. The van der Waals surface area contributed by atoms with Crippen molar-refractivity contribution in [3.8, 4) is 0 Å². The third kappa shape index (κ3) is 14.4. The molecular weight excluding hydrogens is 300 g/mol. The molecule has 124 valence electrons. The van der Waals surface area contributed by atoms with Crippen molar-refractivity contribution in [2.45, 2.75) is 59.4 Å². The third-order valence-electron chi connectivity index (χ3n) is 2.43. The summed E-state index contributed by atoms with van der Waals surface area (Å²) in [5.74, 6) is 0. The summed E-state index contributed by atoms with van der Waals surface area (Å²) in [6, 6.07) is 0.961. The third-order valence-corrected chi connectivity index (χ3v) is 5.58. The van der Waals surface area contributed by atoms with E-state index in [1.807, 2.05) is 20.8 Å². The van der Waals surface area contributed by atoms with Crippen LogP contribution in [-0.4, -0.2) is 41.6 Å². The zero-order valence-corrected chi connectivity index (χ0v) is 15.0. The summed E-state index contributed by atoms with van der Waals surface area (Å²) in [7, 11) is -5.47. The lowest BCUT2D eigenvalue weighted by Crippen LogP contribution is -2.45. The van der Waals surface area contributed by atoms with Crippen LogP contribution in [0.2, 0.25) is 6.04 Å². The van der Waals surface area contributed by atoms with Crippen molar-refractivity contribution in [2.24, 2.45) is 0 Å². The summed E-state index contributed by atoms with van der Waals surface area (Å²) < 4.78 is 41.5. The van der Waals surface area contributed by atoms with Gasteiger partial charge in [-0.05, 0) is 27.2 Å². The highest BCUT2D eigenvalue weighted by atomic mass is 32.2. The monoisotopic (exact) mass is 330 g/mol. The summed E-state index contributed by atoms with van der Waals surface area (Å²) >= 11 is 0. The molecule has 0 saturated carbocycles. The highest BCUT2D eigenvalue weighted by molar-refractivity contribution is 7.66. The maximum atomic E-state index is 8.59. The molecule has 0 rings (SSSR count). The molecule has 0 aromatic heterocycles. The Balaban J connectivity index is 0. The first-order valence-corrected chi connectivity index (χ1v) is 10.3. The maximum Gasteiger partial charge on any atom is 0.500 e. The highest BCUT2D eigenvalue weighted by Gasteiger charge is 2.39. The van der Waals surface area contributed by atoms with Gasteiger partial charge >= 0.3 is 8.80 Å². The molecule has 0 bridgehead atoms. The topological polar surface area (TPSA) is 82.1 Å². The van der Waals surface area contributed by atoms with E-state index in [0.717, 1.165) is 12.5 Å². The van der Waals surface area contributed by atoms with Crippen LogP contribution in [0.25, 0.3) is 0 Å². The van der Waals surface area contributed by atoms with Gasteiger partial charge in [0, 0.05) is 25.9 Å². The smallest absolute Gasteiger partial charge is 0.374 e. The van der Waals surface area contributed by atoms with Gasteiger partial charge in [0.2, 0.25) is 0 Å². The van der Waals surface area contributed by atoms with Gasteiger partial charge in [0.1, 0.15) is 0 Å². The Morgan fingerprint density at radius 3 is 1.55 bits per heavy atom. The fraction of sp³-hybridized carbons (Fsp3) is 1.00. The first-order valence-electron chi connectivity index (χ1n) is 7.23. The second kappa shape index (κ2) is 15.4. The van der Waals surface area contributed by atoms with Gasteiger partial charge in [0.15, 0.2) is 0 Å². The largest absolute Gasteiger partial charge is 0.500 e. The molecule has 0 aliphatic rings. The molecule has 0 heterocycles. The van der Waals surface area contributed by atoms with Crippen LogP contribution in [-0.2, 0) is 24.3 Å². The molecule has 1 N–H and O–H groups in total. The molecule has 0 fully saturated rings. The second-order valence-electron chi connectivity index (χ2n) is 4.03. The Morgan fingerprint density at radius 2 is 1.25 bits per heavy atom. The molecule has 0 spiro atoms. The molecule has 6 nitrogen and oxygen atoms in total. The van der Waals surface area contributed by atoms with E-state index >= 15 is 0 Å². The van der Waals surface area contributed by atoms with E-state index in [4.69, 9.17) is 26.2 Å². The van der Waals surface area contributed by atoms with E-state index < -0.39 is 19.8 Å². The van der Waals surface area contributed by atoms with E-state index in [2.05, 4.69) is 6.92 Å². The quantitative estimate of drug-likeness (QED) is 0.262. The number of hydrogen-bond donors (Lipinski definition) is 2. The number of rotatable bonds is 11. The Labute approximate surface area is 126 Å². The second-order valence-corrected chi connectivity index (χ2v) is 7.24. The standard InChI is InChI=1S/C12H28O3Si.H2O3S/c1-5-9-10-11-12-16(13-6-2,14-7-3)15-8-4;1-4(2)3/h5-12H2,1-4H3;4H,(H,1,2,3). The van der Waals surface area contributed by atoms with Gasteiger partial charge in [-0.1, -0.05) is 26.2 Å². The van der Waals surface area contributed by atoms with Gasteiger partial charge < -0.3 is 13.3 Å². The highest BCUT2D eigenvalue weighted by Crippen LogP contribution is 2.20. The average molecular weight is 331 g/mol. The average Bonchev–Trinajstić information content (AvgIpc) is 2.35. The van der Waals surface area contributed by atoms with Crippen LogP contribution < -0.4 is 0 Å². The Kier molecular flexibility index (Phi) is 17.2. The molecule has 0 atom stereocenters. The lowest BCUT2D eigenvalue weighted by Gasteiger charge is -2.28. The van der Waals surface area contributed by atoms with Crippen LogP contribution >= 0.6 is 0 Å². The summed E-state index contributed by atoms with van der Waals surface area (Å²) in [6.45, 7) is 10.3. The molecular formula is C12H30O6SSi. The van der Waals surface area contributed by atoms with Crippen molar-refractivity contribution < 1.29 is 26.2 Å². The zero-order valence-electron chi connectivity index (χ0n) is 13.1. The minimum Gasteiger partial charge on any atom is -0.374 e. The summed E-state index contributed by atoms with van der Waals surface area (Å²) in [5, 5.41) is 0. The van der Waals surface area contributed by atoms with Gasteiger partial charge in [0.05, 0.1) is 0 Å². The number of thiol groups is 1. The number of unbranched alkanes of at least 4 members (excludes halogenated alkanes) is 3. The van der Waals surface area contributed by atoms with Crippen molar-refractivity contribution in [1.29, 1.82) is 0 Å². The lowest BCUT2D eigenvalue weighted by atomic mass is 10.2. The van der Waals surface area contributed by atoms with Crippen LogP contribution in [0.5, 0.6) is 0 Å². The molecule has 0 aromatic rings. The molecule has 0 unspecified atom stereocenters. The minimum atomic E-state index is -3.12. The number of hydrogen-bond acceptors (Lipinski definition) is 5. The van der Waals surface area contributed by atoms with E-state index in [1.165, 1.54) is 19.3 Å². The minimum absolute atomic E-state index is 0.681. The molecule has 0 saturated heterocycles. The normalized spacial score (nSPS) is 11.3. The van der Waals surface area contributed by atoms with E-state index in [9.17, 15) is 0 Å².